The Kier molecular flexibility index (Phi) is 15.2. The second kappa shape index (κ2) is 18.5. The number of carbonyl (C=O) groups excluding carboxylic acids is 3. The third kappa shape index (κ3) is 10.3. The summed E-state index contributed by atoms with van der Waals surface area (Å²) in [5.41, 5.74) is 3.12. The summed E-state index contributed by atoms with van der Waals surface area (Å²) in [5, 5.41) is 4.88. The van der Waals surface area contributed by atoms with E-state index in [9.17, 15) is 27.4 Å². The summed E-state index contributed by atoms with van der Waals surface area (Å²) in [6, 6.07) is 9.22. The van der Waals surface area contributed by atoms with Gasteiger partial charge in [-0.2, -0.15) is 0 Å². The van der Waals surface area contributed by atoms with Crippen LogP contribution >= 0.6 is 11.8 Å². The van der Waals surface area contributed by atoms with Gasteiger partial charge < -0.3 is 24.9 Å². The molecular weight excluding hydrogens is 756 g/mol. The van der Waals surface area contributed by atoms with Gasteiger partial charge in [0.2, 0.25) is 5.91 Å². The maximum Gasteiger partial charge on any atom is 0.342 e. The summed E-state index contributed by atoms with van der Waals surface area (Å²) in [6.07, 6.45) is 1.97. The van der Waals surface area contributed by atoms with Crippen LogP contribution in [0.15, 0.2) is 52.2 Å². The third-order valence-corrected chi connectivity index (χ3v) is 11.4. The first-order valence-electron chi connectivity index (χ1n) is 17.1. The number of hydrogen-bond acceptors (Lipinski definition) is 9. The van der Waals surface area contributed by atoms with Crippen molar-refractivity contribution in [2.75, 3.05) is 16.8 Å². The van der Waals surface area contributed by atoms with Gasteiger partial charge in [0.05, 0.1) is 27.6 Å². The standard InChI is InChI=1S/C37H47N5O7S2.Zn/c1-9-27(50-16-13-17-51(46,47)48)36(44)42-34-28(37(45)49-33-21(3)18-20(2)19-22(33)4)23(5)30(40-34)29(26-14-11-10-12-15-26)31-24(6)32(38-8)35(41-31)39-25(7)43;/h10-12,14-15,20-22,27,33H,9,13,16-19H2,1-7H3,(H4,39,40,41,42,43,44,45,46,47,48);/p-2. The number of ether oxygens (including phenoxy) is 1. The normalized spacial score (nSPS) is 21.7. The molecule has 2 amide bonds. The maximum absolute atomic E-state index is 14.2. The molecule has 1 aliphatic carbocycles. The summed E-state index contributed by atoms with van der Waals surface area (Å²) < 4.78 is 39.5. The van der Waals surface area contributed by atoms with E-state index in [2.05, 4.69) is 41.2 Å². The van der Waals surface area contributed by atoms with Crippen LogP contribution in [0.25, 0.3) is 10.4 Å². The molecular formula is C37H45N5O7S2Zn-2. The molecule has 0 spiro atoms. The van der Waals surface area contributed by atoms with Gasteiger partial charge in [-0.15, -0.1) is 11.8 Å². The van der Waals surface area contributed by atoms with Crippen LogP contribution in [0.3, 0.4) is 0 Å². The van der Waals surface area contributed by atoms with Crippen LogP contribution in [0.5, 0.6) is 0 Å². The van der Waals surface area contributed by atoms with Crippen LogP contribution in [0.4, 0.5) is 11.5 Å². The summed E-state index contributed by atoms with van der Waals surface area (Å²) >= 11 is 1.22. The third-order valence-electron chi connectivity index (χ3n) is 9.17. The van der Waals surface area contributed by atoms with E-state index < -0.39 is 33.0 Å². The van der Waals surface area contributed by atoms with Gasteiger partial charge in [-0.25, -0.2) is 23.0 Å². The van der Waals surface area contributed by atoms with Crippen LogP contribution in [0.1, 0.15) is 84.0 Å². The van der Waals surface area contributed by atoms with E-state index >= 15 is 0 Å². The second-order valence-corrected chi connectivity index (χ2v) is 16.2. The Labute approximate surface area is 323 Å². The predicted molar refractivity (Wildman–Crippen MR) is 198 cm³/mol. The van der Waals surface area contributed by atoms with Crippen molar-refractivity contribution in [1.29, 1.82) is 0 Å². The molecule has 12 nitrogen and oxygen atoms in total. The molecule has 2 aromatic rings. The molecule has 1 aromatic heterocycles. The Bertz CT molecular complexity index is 1900. The van der Waals surface area contributed by atoms with Gasteiger partial charge >= 0.3 is 5.97 Å². The van der Waals surface area contributed by atoms with E-state index in [1.54, 1.807) is 13.8 Å². The van der Waals surface area contributed by atoms with Crippen molar-refractivity contribution in [1.82, 2.24) is 10.3 Å². The van der Waals surface area contributed by atoms with Gasteiger partial charge in [0, 0.05) is 30.8 Å². The van der Waals surface area contributed by atoms with Gasteiger partial charge in [-0.3, -0.25) is 9.59 Å². The van der Waals surface area contributed by atoms with Crippen molar-refractivity contribution in [3.8, 4) is 0 Å². The minimum atomic E-state index is -4.37. The van der Waals surface area contributed by atoms with Crippen molar-refractivity contribution >= 4 is 62.6 Å². The van der Waals surface area contributed by atoms with E-state index in [1.165, 1.54) is 18.7 Å². The Morgan fingerprint density at radius 1 is 1.12 bits per heavy atom. The quantitative estimate of drug-likeness (QED) is 0.0843. The maximum atomic E-state index is 14.2. The fourth-order valence-corrected chi connectivity index (χ4v) is 8.66. The van der Waals surface area contributed by atoms with Gasteiger partial charge in [0.25, 0.3) is 0 Å². The largest absolute Gasteiger partial charge is 0.748 e. The van der Waals surface area contributed by atoms with Crippen LogP contribution in [0, 0.1) is 31.2 Å². The van der Waals surface area contributed by atoms with Crippen LogP contribution in [-0.4, -0.2) is 59.4 Å². The van der Waals surface area contributed by atoms with Gasteiger partial charge in [-0.1, -0.05) is 63.8 Å². The van der Waals surface area contributed by atoms with E-state index in [4.69, 9.17) is 16.3 Å². The number of rotatable bonds is 12. The van der Waals surface area contributed by atoms with Crippen molar-refractivity contribution < 1.29 is 51.6 Å². The molecule has 52 heavy (non-hydrogen) atoms. The molecule has 2 N–H and O–H groups in total. The Morgan fingerprint density at radius 3 is 2.31 bits per heavy atom. The molecule has 276 valence electrons. The smallest absolute Gasteiger partial charge is 0.342 e. The van der Waals surface area contributed by atoms with E-state index in [-0.39, 0.29) is 78.4 Å². The number of hydrogen-bond donors (Lipinski definition) is 2. The predicted octanol–water partition coefficient (Wildman–Crippen LogP) is 6.12. The second-order valence-electron chi connectivity index (χ2n) is 13.4. The fourth-order valence-electron chi connectivity index (χ4n) is 6.94. The molecule has 3 unspecified atom stereocenters. The zero-order valence-electron chi connectivity index (χ0n) is 30.7. The molecule has 0 radical (unpaired) electrons. The molecule has 2 heterocycles. The summed E-state index contributed by atoms with van der Waals surface area (Å²) in [7, 11) is -4.37. The molecule has 1 fully saturated rings. The molecule has 0 saturated heterocycles. The number of nitrogens with zero attached hydrogens (tertiary/aromatic N) is 3. The number of aliphatic imine (C=N–C) groups is 1. The number of esters is 1. The first-order chi connectivity index (χ1) is 24.1. The number of thioether (sulfide) groups is 1. The fraction of sp³-hybridized carbons (Fsp3) is 0.486. The van der Waals surface area contributed by atoms with Gasteiger partial charge in [0.1, 0.15) is 23.4 Å². The number of benzene rings is 1. The monoisotopic (exact) mass is 799 g/mol. The van der Waals surface area contributed by atoms with Crippen LogP contribution in [-0.2, 0) is 48.7 Å². The molecule has 1 aromatic carbocycles. The number of carbonyl (C=O) groups is 3. The summed E-state index contributed by atoms with van der Waals surface area (Å²) in [4.78, 5) is 53.2. The van der Waals surface area contributed by atoms with Crippen LogP contribution in [0.2, 0.25) is 0 Å². The van der Waals surface area contributed by atoms with Gasteiger partial charge in [-0.05, 0) is 92.4 Å². The SMILES string of the molecule is [C-]#[N+]c1c(NC(C)=O)[n-]c(/C(=C2\N=C(NC(=O)C(CC)SCCCS(=O)(=O)[O-])C(C(=O)OC3C(C)CC(C)CC3C)=C2C)c2ccccc2)c1C.[Zn]. The van der Waals surface area contributed by atoms with Gasteiger partial charge in [0.15, 0.2) is 5.69 Å². The van der Waals surface area contributed by atoms with Crippen molar-refractivity contribution in [2.45, 2.75) is 85.5 Å². The molecule has 1 saturated carbocycles. The van der Waals surface area contributed by atoms with Crippen molar-refractivity contribution in [3.05, 3.63) is 75.4 Å². The Balaban J connectivity index is 0.00000729. The zero-order valence-corrected chi connectivity index (χ0v) is 35.3. The zero-order chi connectivity index (χ0) is 37.6. The summed E-state index contributed by atoms with van der Waals surface area (Å²) in [6.45, 7) is 20.7. The number of allylic oxidation sites excluding steroid dienone is 1. The molecule has 2 aliphatic rings. The molecule has 0 bridgehead atoms. The number of aromatic nitrogens is 1. The topological polar surface area (TPSA) is 173 Å². The van der Waals surface area contributed by atoms with E-state index in [0.717, 1.165) is 12.8 Å². The molecule has 4 rings (SSSR count). The Morgan fingerprint density at radius 2 is 1.75 bits per heavy atom. The van der Waals surface area contributed by atoms with E-state index in [1.807, 2.05) is 37.3 Å². The number of amidine groups is 1. The minimum Gasteiger partial charge on any atom is -0.748 e. The van der Waals surface area contributed by atoms with Crippen molar-refractivity contribution in [3.63, 3.8) is 0 Å². The Hall–Kier alpha value is -3.57. The first-order valence-corrected chi connectivity index (χ1v) is 19.7. The minimum absolute atomic E-state index is 0. The average molecular weight is 801 g/mol. The molecule has 3 atom stereocenters. The van der Waals surface area contributed by atoms with Crippen LogP contribution < -0.4 is 15.6 Å². The number of amides is 2. The summed E-state index contributed by atoms with van der Waals surface area (Å²) in [5.74, 6) is -0.852. The number of anilines is 1. The molecule has 1 aliphatic heterocycles. The first kappa shape index (κ1) is 42.8. The van der Waals surface area contributed by atoms with Crippen molar-refractivity contribution in [2.24, 2.45) is 22.7 Å². The number of nitrogens with one attached hydrogen (secondary N) is 2. The van der Waals surface area contributed by atoms with E-state index in [0.29, 0.717) is 46.0 Å². The average Bonchev–Trinajstić information content (AvgIpc) is 3.53. The molecule has 15 heteroatoms.